The minimum atomic E-state index is 0.120. The molecule has 0 bridgehead atoms. The molecule has 1 aromatic carbocycles. The number of benzene rings is 1. The molecule has 3 heterocycles. The summed E-state index contributed by atoms with van der Waals surface area (Å²) in [6.45, 7) is 3.84. The van der Waals surface area contributed by atoms with Crippen molar-refractivity contribution in [2.75, 3.05) is 38.2 Å². The Morgan fingerprint density at radius 2 is 2.00 bits per heavy atom. The van der Waals surface area contributed by atoms with E-state index >= 15 is 0 Å². The first-order valence-corrected chi connectivity index (χ1v) is 10.2. The summed E-state index contributed by atoms with van der Waals surface area (Å²) in [4.78, 5) is 26.0. The van der Waals surface area contributed by atoms with E-state index in [2.05, 4.69) is 14.9 Å². The van der Waals surface area contributed by atoms with Crippen molar-refractivity contribution >= 4 is 23.5 Å². The molecule has 6 nitrogen and oxygen atoms in total. The van der Waals surface area contributed by atoms with Crippen LogP contribution in [-0.4, -0.2) is 64.2 Å². The van der Waals surface area contributed by atoms with E-state index in [0.29, 0.717) is 17.0 Å². The fourth-order valence-electron chi connectivity index (χ4n) is 3.82. The molecule has 2 aliphatic rings. The molecule has 1 aromatic heterocycles. The molecule has 2 aliphatic heterocycles. The van der Waals surface area contributed by atoms with E-state index in [9.17, 15) is 4.79 Å². The highest BCUT2D eigenvalue weighted by Crippen LogP contribution is 2.25. The SMILES string of the molecule is CSc1nc(N)cc(-c2ccc(C(=O)N3CCN4CCC[C@@H]4C3)cc2)n1. The van der Waals surface area contributed by atoms with Crippen LogP contribution in [0.4, 0.5) is 5.82 Å². The molecule has 0 spiro atoms. The van der Waals surface area contributed by atoms with Gasteiger partial charge in [0.15, 0.2) is 5.16 Å². The minimum Gasteiger partial charge on any atom is -0.384 e. The number of amides is 1. The number of carbonyl (C=O) groups excluding carboxylic acids is 1. The van der Waals surface area contributed by atoms with E-state index in [4.69, 9.17) is 5.73 Å². The van der Waals surface area contributed by atoms with Crippen molar-refractivity contribution in [1.29, 1.82) is 0 Å². The molecule has 0 aliphatic carbocycles. The molecular formula is C19H23N5OS. The van der Waals surface area contributed by atoms with Gasteiger partial charge in [-0.25, -0.2) is 9.97 Å². The van der Waals surface area contributed by atoms with Crippen LogP contribution in [0.3, 0.4) is 0 Å². The van der Waals surface area contributed by atoms with Crippen LogP contribution in [0.25, 0.3) is 11.3 Å². The van der Waals surface area contributed by atoms with Gasteiger partial charge in [-0.15, -0.1) is 0 Å². The van der Waals surface area contributed by atoms with E-state index < -0.39 is 0 Å². The normalized spacial score (nSPS) is 20.2. The van der Waals surface area contributed by atoms with Crippen molar-refractivity contribution in [2.45, 2.75) is 24.0 Å². The molecule has 0 saturated carbocycles. The Hall–Kier alpha value is -2.12. The maximum absolute atomic E-state index is 12.8. The van der Waals surface area contributed by atoms with Gasteiger partial charge in [-0.3, -0.25) is 9.69 Å². The lowest BCUT2D eigenvalue weighted by atomic mass is 10.1. The topological polar surface area (TPSA) is 75.3 Å². The van der Waals surface area contributed by atoms with Gasteiger partial charge in [0.1, 0.15) is 5.82 Å². The van der Waals surface area contributed by atoms with Crippen molar-refractivity contribution in [3.8, 4) is 11.3 Å². The van der Waals surface area contributed by atoms with Crippen LogP contribution in [-0.2, 0) is 0 Å². The Morgan fingerprint density at radius 1 is 1.19 bits per heavy atom. The number of nitrogens with two attached hydrogens (primary N) is 1. The average molecular weight is 369 g/mol. The number of aromatic nitrogens is 2. The summed E-state index contributed by atoms with van der Waals surface area (Å²) in [5.74, 6) is 0.573. The zero-order valence-electron chi connectivity index (χ0n) is 14.9. The van der Waals surface area contributed by atoms with Crippen LogP contribution in [0.2, 0.25) is 0 Å². The Kier molecular flexibility index (Phi) is 4.82. The first-order valence-electron chi connectivity index (χ1n) is 8.96. The van der Waals surface area contributed by atoms with Crippen molar-refractivity contribution in [3.63, 3.8) is 0 Å². The number of nitrogen functional groups attached to an aromatic ring is 1. The van der Waals surface area contributed by atoms with Gasteiger partial charge in [-0.05, 0) is 37.8 Å². The van der Waals surface area contributed by atoms with Gasteiger partial charge >= 0.3 is 0 Å². The predicted octanol–water partition coefficient (Wildman–Crippen LogP) is 2.37. The van der Waals surface area contributed by atoms with E-state index in [-0.39, 0.29) is 5.91 Å². The number of rotatable bonds is 3. The fraction of sp³-hybridized carbons (Fsp3) is 0.421. The Labute approximate surface area is 157 Å². The molecule has 0 radical (unpaired) electrons. The summed E-state index contributed by atoms with van der Waals surface area (Å²) in [5.41, 5.74) is 8.31. The third-order valence-corrected chi connectivity index (χ3v) is 5.76. The standard InChI is InChI=1S/C19H23N5OS/c1-26-19-21-16(11-17(20)22-19)13-4-6-14(7-5-13)18(25)24-10-9-23-8-2-3-15(23)12-24/h4-7,11,15H,2-3,8-10,12H2,1H3,(H2,20,21,22)/t15-/m1/s1. The van der Waals surface area contributed by atoms with Crippen LogP contribution >= 0.6 is 11.8 Å². The highest BCUT2D eigenvalue weighted by Gasteiger charge is 2.32. The molecule has 0 unspecified atom stereocenters. The van der Waals surface area contributed by atoms with Crippen molar-refractivity contribution in [1.82, 2.24) is 19.8 Å². The Balaban J connectivity index is 1.50. The average Bonchev–Trinajstić information content (AvgIpc) is 3.14. The van der Waals surface area contributed by atoms with Gasteiger partial charge in [-0.2, -0.15) is 0 Å². The summed E-state index contributed by atoms with van der Waals surface area (Å²) in [6, 6.07) is 9.94. The second-order valence-corrected chi connectivity index (χ2v) is 7.60. The van der Waals surface area contributed by atoms with E-state index in [1.807, 2.05) is 35.4 Å². The molecule has 136 valence electrons. The Bertz CT molecular complexity index is 810. The highest BCUT2D eigenvalue weighted by molar-refractivity contribution is 7.98. The molecule has 2 fully saturated rings. The lowest BCUT2D eigenvalue weighted by molar-refractivity contribution is 0.0571. The smallest absolute Gasteiger partial charge is 0.253 e. The maximum atomic E-state index is 12.8. The largest absolute Gasteiger partial charge is 0.384 e. The number of nitrogens with zero attached hydrogens (tertiary/aromatic N) is 4. The highest BCUT2D eigenvalue weighted by atomic mass is 32.2. The fourth-order valence-corrected chi connectivity index (χ4v) is 4.21. The second-order valence-electron chi connectivity index (χ2n) is 6.83. The van der Waals surface area contributed by atoms with Gasteiger partial charge in [-0.1, -0.05) is 23.9 Å². The van der Waals surface area contributed by atoms with Crippen molar-refractivity contribution in [3.05, 3.63) is 35.9 Å². The number of piperazine rings is 1. The molecule has 2 aromatic rings. The lowest BCUT2D eigenvalue weighted by Crippen LogP contribution is -2.52. The van der Waals surface area contributed by atoms with Gasteiger partial charge in [0.2, 0.25) is 0 Å². The molecule has 2 saturated heterocycles. The Morgan fingerprint density at radius 3 is 2.77 bits per heavy atom. The number of hydrogen-bond donors (Lipinski definition) is 1. The van der Waals surface area contributed by atoms with Crippen LogP contribution in [0.1, 0.15) is 23.2 Å². The van der Waals surface area contributed by atoms with Gasteiger partial charge in [0.25, 0.3) is 5.91 Å². The first kappa shape index (κ1) is 17.3. The second kappa shape index (κ2) is 7.25. The predicted molar refractivity (Wildman–Crippen MR) is 104 cm³/mol. The molecule has 26 heavy (non-hydrogen) atoms. The molecule has 1 atom stereocenters. The molecular weight excluding hydrogens is 346 g/mol. The van der Waals surface area contributed by atoms with Crippen LogP contribution < -0.4 is 5.73 Å². The molecule has 7 heteroatoms. The number of thioether (sulfide) groups is 1. The van der Waals surface area contributed by atoms with Gasteiger partial charge in [0.05, 0.1) is 5.69 Å². The van der Waals surface area contributed by atoms with E-state index in [0.717, 1.165) is 36.5 Å². The van der Waals surface area contributed by atoms with Gasteiger partial charge in [0, 0.05) is 42.9 Å². The monoisotopic (exact) mass is 369 g/mol. The molecule has 1 amide bonds. The maximum Gasteiger partial charge on any atom is 0.253 e. The third-order valence-electron chi connectivity index (χ3n) is 5.21. The summed E-state index contributed by atoms with van der Waals surface area (Å²) >= 11 is 1.46. The van der Waals surface area contributed by atoms with E-state index in [1.54, 1.807) is 6.07 Å². The summed E-state index contributed by atoms with van der Waals surface area (Å²) < 4.78 is 0. The molecule has 4 rings (SSSR count). The van der Waals surface area contributed by atoms with Gasteiger partial charge < -0.3 is 10.6 Å². The number of carbonyl (C=O) groups is 1. The van der Waals surface area contributed by atoms with Crippen LogP contribution in [0.15, 0.2) is 35.5 Å². The minimum absolute atomic E-state index is 0.120. The zero-order chi connectivity index (χ0) is 18.1. The summed E-state index contributed by atoms with van der Waals surface area (Å²) in [7, 11) is 0. The number of fused-ring (bicyclic) bond motifs is 1. The number of hydrogen-bond acceptors (Lipinski definition) is 6. The summed E-state index contributed by atoms with van der Waals surface area (Å²) in [5, 5.41) is 0.648. The summed E-state index contributed by atoms with van der Waals surface area (Å²) in [6.07, 6.45) is 4.38. The van der Waals surface area contributed by atoms with Crippen LogP contribution in [0.5, 0.6) is 0 Å². The number of anilines is 1. The molecule has 2 N–H and O–H groups in total. The van der Waals surface area contributed by atoms with Crippen LogP contribution in [0, 0.1) is 0 Å². The lowest BCUT2D eigenvalue weighted by Gasteiger charge is -2.37. The van der Waals surface area contributed by atoms with Crippen molar-refractivity contribution < 1.29 is 4.79 Å². The quantitative estimate of drug-likeness (QED) is 0.661. The van der Waals surface area contributed by atoms with Crippen molar-refractivity contribution in [2.24, 2.45) is 0 Å². The first-order chi connectivity index (χ1) is 12.6. The zero-order valence-corrected chi connectivity index (χ0v) is 15.7. The van der Waals surface area contributed by atoms with E-state index in [1.165, 1.54) is 31.1 Å². The third kappa shape index (κ3) is 3.41.